The summed E-state index contributed by atoms with van der Waals surface area (Å²) in [6, 6.07) is 15.4. The highest BCUT2D eigenvalue weighted by Crippen LogP contribution is 2.36. The third-order valence-corrected chi connectivity index (χ3v) is 5.04. The number of aryl methyl sites for hydroxylation is 1. The lowest BCUT2D eigenvalue weighted by molar-refractivity contribution is -0.145. The minimum absolute atomic E-state index is 0.0914. The summed E-state index contributed by atoms with van der Waals surface area (Å²) >= 11 is 6.22. The summed E-state index contributed by atoms with van der Waals surface area (Å²) in [5.41, 5.74) is 3.36. The Balaban J connectivity index is 2.11. The zero-order valence-corrected chi connectivity index (χ0v) is 14.5. The van der Waals surface area contributed by atoms with Gasteiger partial charge in [0.1, 0.15) is 6.04 Å². The fraction of sp³-hybridized carbons (Fsp3) is 0.350. The van der Waals surface area contributed by atoms with Crippen molar-refractivity contribution in [2.75, 3.05) is 6.54 Å². The smallest absolute Gasteiger partial charge is 0.320 e. The SMILES string of the molecule is Cc1ccccc1C(c1cccc(Cl)c1)N1CCCCC1C(=O)O. The molecule has 1 saturated heterocycles. The number of aliphatic carboxylic acids is 1. The number of likely N-dealkylation sites (tertiary alicyclic amines) is 1. The Morgan fingerprint density at radius 3 is 2.71 bits per heavy atom. The van der Waals surface area contributed by atoms with E-state index in [4.69, 9.17) is 11.6 Å². The van der Waals surface area contributed by atoms with Crippen LogP contribution in [0.2, 0.25) is 5.02 Å². The maximum Gasteiger partial charge on any atom is 0.320 e. The van der Waals surface area contributed by atoms with Gasteiger partial charge in [0.2, 0.25) is 0 Å². The lowest BCUT2D eigenvalue weighted by Crippen LogP contribution is -2.47. The van der Waals surface area contributed by atoms with Crippen LogP contribution in [0.4, 0.5) is 0 Å². The van der Waals surface area contributed by atoms with Crippen LogP contribution >= 0.6 is 11.6 Å². The molecule has 4 heteroatoms. The van der Waals surface area contributed by atoms with E-state index in [-0.39, 0.29) is 6.04 Å². The Kier molecular flexibility index (Phi) is 5.22. The normalized spacial score (nSPS) is 19.8. The molecule has 1 N–H and O–H groups in total. The molecule has 2 atom stereocenters. The molecule has 2 aromatic rings. The molecule has 126 valence electrons. The van der Waals surface area contributed by atoms with E-state index in [1.807, 2.05) is 36.4 Å². The van der Waals surface area contributed by atoms with Gasteiger partial charge >= 0.3 is 5.97 Å². The van der Waals surface area contributed by atoms with Crippen molar-refractivity contribution in [2.24, 2.45) is 0 Å². The van der Waals surface area contributed by atoms with Crippen molar-refractivity contribution < 1.29 is 9.90 Å². The van der Waals surface area contributed by atoms with E-state index in [1.165, 1.54) is 0 Å². The van der Waals surface area contributed by atoms with E-state index in [2.05, 4.69) is 24.0 Å². The van der Waals surface area contributed by atoms with Gasteiger partial charge in [-0.3, -0.25) is 9.69 Å². The molecule has 0 bridgehead atoms. The van der Waals surface area contributed by atoms with Crippen molar-refractivity contribution in [1.29, 1.82) is 0 Å². The largest absolute Gasteiger partial charge is 0.480 e. The number of halogens is 1. The molecule has 0 spiro atoms. The van der Waals surface area contributed by atoms with Crippen molar-refractivity contribution in [1.82, 2.24) is 4.90 Å². The lowest BCUT2D eigenvalue weighted by atomic mass is 9.89. The molecule has 3 rings (SSSR count). The van der Waals surface area contributed by atoms with Crippen LogP contribution < -0.4 is 0 Å². The first kappa shape index (κ1) is 17.0. The third kappa shape index (κ3) is 3.47. The molecule has 1 aliphatic rings. The first-order chi connectivity index (χ1) is 11.6. The average Bonchev–Trinajstić information content (AvgIpc) is 2.57. The summed E-state index contributed by atoms with van der Waals surface area (Å²) in [5.74, 6) is -0.740. The highest BCUT2D eigenvalue weighted by Gasteiger charge is 2.35. The molecule has 1 fully saturated rings. The van der Waals surface area contributed by atoms with Crippen molar-refractivity contribution >= 4 is 17.6 Å². The molecule has 1 heterocycles. The first-order valence-electron chi connectivity index (χ1n) is 8.37. The quantitative estimate of drug-likeness (QED) is 0.876. The Bertz CT molecular complexity index is 731. The highest BCUT2D eigenvalue weighted by atomic mass is 35.5. The van der Waals surface area contributed by atoms with Crippen LogP contribution in [-0.2, 0) is 4.79 Å². The van der Waals surface area contributed by atoms with Crippen LogP contribution in [0.3, 0.4) is 0 Å². The molecule has 0 radical (unpaired) electrons. The van der Waals surface area contributed by atoms with E-state index >= 15 is 0 Å². The Morgan fingerprint density at radius 1 is 1.21 bits per heavy atom. The van der Waals surface area contributed by atoms with E-state index < -0.39 is 12.0 Å². The van der Waals surface area contributed by atoms with Gasteiger partial charge in [-0.25, -0.2) is 0 Å². The van der Waals surface area contributed by atoms with Crippen molar-refractivity contribution in [3.05, 3.63) is 70.2 Å². The fourth-order valence-corrected chi connectivity index (χ4v) is 3.85. The summed E-state index contributed by atoms with van der Waals surface area (Å²) < 4.78 is 0. The number of rotatable bonds is 4. The topological polar surface area (TPSA) is 40.5 Å². The maximum atomic E-state index is 11.8. The minimum atomic E-state index is -0.740. The molecule has 24 heavy (non-hydrogen) atoms. The van der Waals surface area contributed by atoms with E-state index in [0.717, 1.165) is 36.1 Å². The standard InChI is InChI=1S/C20H22ClNO2/c1-14-7-2-3-10-17(14)19(15-8-6-9-16(21)13-15)22-12-5-4-11-18(22)20(23)24/h2-3,6-10,13,18-19H,4-5,11-12H2,1H3,(H,23,24). The molecule has 0 aliphatic carbocycles. The summed E-state index contributed by atoms with van der Waals surface area (Å²) in [4.78, 5) is 13.9. The van der Waals surface area contributed by atoms with Crippen molar-refractivity contribution in [3.63, 3.8) is 0 Å². The third-order valence-electron chi connectivity index (χ3n) is 4.81. The molecule has 2 aromatic carbocycles. The Morgan fingerprint density at radius 2 is 2.00 bits per heavy atom. The number of carboxylic acid groups (broad SMARTS) is 1. The second kappa shape index (κ2) is 7.37. The van der Waals surface area contributed by atoms with Crippen LogP contribution in [-0.4, -0.2) is 28.6 Å². The van der Waals surface area contributed by atoms with Gasteiger partial charge in [0.05, 0.1) is 6.04 Å². The van der Waals surface area contributed by atoms with Gasteiger partial charge in [0.15, 0.2) is 0 Å². The monoisotopic (exact) mass is 343 g/mol. The number of carboxylic acids is 1. The van der Waals surface area contributed by atoms with Gasteiger partial charge in [-0.2, -0.15) is 0 Å². The summed E-state index contributed by atoms with van der Waals surface area (Å²) in [6.07, 6.45) is 2.68. The van der Waals surface area contributed by atoms with Crippen molar-refractivity contribution in [2.45, 2.75) is 38.3 Å². The van der Waals surface area contributed by atoms with Crippen LogP contribution in [0.15, 0.2) is 48.5 Å². The van der Waals surface area contributed by atoms with Crippen LogP contribution in [0, 0.1) is 6.92 Å². The minimum Gasteiger partial charge on any atom is -0.480 e. The van der Waals surface area contributed by atoms with Gasteiger partial charge < -0.3 is 5.11 Å². The van der Waals surface area contributed by atoms with E-state index in [0.29, 0.717) is 11.4 Å². The average molecular weight is 344 g/mol. The van der Waals surface area contributed by atoms with Crippen molar-refractivity contribution in [3.8, 4) is 0 Å². The Hall–Kier alpha value is -1.84. The number of nitrogens with zero attached hydrogens (tertiary/aromatic N) is 1. The molecule has 1 aliphatic heterocycles. The van der Waals surface area contributed by atoms with E-state index in [1.54, 1.807) is 0 Å². The Labute approximate surface area is 147 Å². The highest BCUT2D eigenvalue weighted by molar-refractivity contribution is 6.30. The summed E-state index contributed by atoms with van der Waals surface area (Å²) in [6.45, 7) is 2.86. The van der Waals surface area contributed by atoms with Gasteiger partial charge in [0.25, 0.3) is 0 Å². The maximum absolute atomic E-state index is 11.8. The summed E-state index contributed by atoms with van der Waals surface area (Å²) in [5, 5.41) is 10.4. The second-order valence-electron chi connectivity index (χ2n) is 6.40. The number of benzene rings is 2. The van der Waals surface area contributed by atoms with E-state index in [9.17, 15) is 9.90 Å². The second-order valence-corrected chi connectivity index (χ2v) is 6.84. The molecular formula is C20H22ClNO2. The zero-order chi connectivity index (χ0) is 17.1. The van der Waals surface area contributed by atoms with Gasteiger partial charge in [-0.05, 0) is 55.1 Å². The molecular weight excluding hydrogens is 322 g/mol. The molecule has 0 aromatic heterocycles. The fourth-order valence-electron chi connectivity index (χ4n) is 3.65. The molecule has 3 nitrogen and oxygen atoms in total. The number of hydrogen-bond donors (Lipinski definition) is 1. The van der Waals surface area contributed by atoms with Gasteiger partial charge in [-0.1, -0.05) is 54.4 Å². The van der Waals surface area contributed by atoms with Gasteiger partial charge in [-0.15, -0.1) is 0 Å². The molecule has 2 unspecified atom stereocenters. The number of hydrogen-bond acceptors (Lipinski definition) is 2. The predicted octanol–water partition coefficient (Wildman–Crippen LogP) is 4.68. The first-order valence-corrected chi connectivity index (χ1v) is 8.75. The predicted molar refractivity (Wildman–Crippen MR) is 96.5 cm³/mol. The summed E-state index contributed by atoms with van der Waals surface area (Å²) in [7, 11) is 0. The molecule has 0 amide bonds. The zero-order valence-electron chi connectivity index (χ0n) is 13.8. The number of carbonyl (C=O) groups is 1. The molecule has 0 saturated carbocycles. The number of piperidine rings is 1. The van der Waals surface area contributed by atoms with Crippen LogP contribution in [0.25, 0.3) is 0 Å². The van der Waals surface area contributed by atoms with Crippen LogP contribution in [0.5, 0.6) is 0 Å². The van der Waals surface area contributed by atoms with Crippen LogP contribution in [0.1, 0.15) is 42.0 Å². The van der Waals surface area contributed by atoms with Gasteiger partial charge in [0, 0.05) is 5.02 Å². The lowest BCUT2D eigenvalue weighted by Gasteiger charge is -2.40.